The number of carboxylic acids is 1. The Morgan fingerprint density at radius 1 is 1.50 bits per heavy atom. The fraction of sp³-hybridized carbons (Fsp3) is 0.300. The quantitative estimate of drug-likeness (QED) is 0.885. The van der Waals surface area contributed by atoms with Crippen molar-refractivity contribution in [2.45, 2.75) is 11.3 Å². The molecule has 1 aromatic rings. The molecule has 0 heterocycles. The first-order chi connectivity index (χ1) is 8.25. The molecule has 0 saturated carbocycles. The fourth-order valence-electron chi connectivity index (χ4n) is 1.22. The van der Waals surface area contributed by atoms with Crippen molar-refractivity contribution in [2.75, 3.05) is 13.6 Å². The molecular weight excluding hydrogens is 329 g/mol. The maximum absolute atomic E-state index is 13.5. The highest BCUT2D eigenvalue weighted by Crippen LogP contribution is 2.22. The molecule has 8 heteroatoms. The van der Waals surface area contributed by atoms with Crippen LogP contribution in [0, 0.1) is 5.82 Å². The number of hydrogen-bond acceptors (Lipinski definition) is 3. The van der Waals surface area contributed by atoms with Crippen molar-refractivity contribution >= 4 is 31.9 Å². The van der Waals surface area contributed by atoms with Crippen LogP contribution in [0.5, 0.6) is 0 Å². The zero-order valence-electron chi connectivity index (χ0n) is 9.43. The Kier molecular flexibility index (Phi) is 4.83. The molecule has 5 nitrogen and oxygen atoms in total. The Bertz CT molecular complexity index is 561. The lowest BCUT2D eigenvalue weighted by Gasteiger charge is -2.16. The number of benzene rings is 1. The Morgan fingerprint density at radius 2 is 2.11 bits per heavy atom. The summed E-state index contributed by atoms with van der Waals surface area (Å²) in [7, 11) is -2.82. The zero-order valence-corrected chi connectivity index (χ0v) is 11.8. The first kappa shape index (κ1) is 15.1. The molecule has 0 bridgehead atoms. The minimum Gasteiger partial charge on any atom is -0.481 e. The highest BCUT2D eigenvalue weighted by Gasteiger charge is 2.24. The monoisotopic (exact) mass is 339 g/mol. The number of aliphatic carboxylic acids is 1. The van der Waals surface area contributed by atoms with Crippen LogP contribution in [0.2, 0.25) is 0 Å². The van der Waals surface area contributed by atoms with E-state index in [2.05, 4.69) is 15.9 Å². The van der Waals surface area contributed by atoms with Gasteiger partial charge in [-0.25, -0.2) is 17.1 Å². The van der Waals surface area contributed by atoms with Crippen LogP contribution in [-0.2, 0) is 14.8 Å². The number of rotatable bonds is 5. The van der Waals surface area contributed by atoms with Gasteiger partial charge in [0.2, 0.25) is 10.0 Å². The van der Waals surface area contributed by atoms with Crippen LogP contribution < -0.4 is 0 Å². The Labute approximate surface area is 112 Å². The third-order valence-electron chi connectivity index (χ3n) is 2.22. The summed E-state index contributed by atoms with van der Waals surface area (Å²) in [6, 6.07) is 3.55. The van der Waals surface area contributed by atoms with Crippen molar-refractivity contribution in [3.8, 4) is 0 Å². The normalized spacial score (nSPS) is 11.8. The van der Waals surface area contributed by atoms with E-state index in [0.717, 1.165) is 16.4 Å². The average Bonchev–Trinajstić information content (AvgIpc) is 2.28. The van der Waals surface area contributed by atoms with Gasteiger partial charge in [-0.3, -0.25) is 4.79 Å². The molecule has 1 aromatic carbocycles. The summed E-state index contributed by atoms with van der Waals surface area (Å²) < 4.78 is 38.7. The van der Waals surface area contributed by atoms with E-state index < -0.39 is 26.7 Å². The van der Waals surface area contributed by atoms with Crippen LogP contribution in [0.1, 0.15) is 6.42 Å². The Hall–Kier alpha value is -0.990. The fourth-order valence-corrected chi connectivity index (χ4v) is 2.99. The number of nitrogens with zero attached hydrogens (tertiary/aromatic N) is 1. The van der Waals surface area contributed by atoms with E-state index in [1.807, 2.05) is 0 Å². The van der Waals surface area contributed by atoms with Gasteiger partial charge in [0.05, 0.1) is 6.42 Å². The SMILES string of the molecule is CN(CCC(=O)O)S(=O)(=O)c1cc(Br)ccc1F. The number of halogens is 2. The van der Waals surface area contributed by atoms with Gasteiger partial charge in [-0.15, -0.1) is 0 Å². The van der Waals surface area contributed by atoms with Crippen molar-refractivity contribution in [2.24, 2.45) is 0 Å². The van der Waals surface area contributed by atoms with Crippen LogP contribution in [0.4, 0.5) is 4.39 Å². The third kappa shape index (κ3) is 3.50. The third-order valence-corrected chi connectivity index (χ3v) is 4.59. The van der Waals surface area contributed by atoms with Crippen LogP contribution >= 0.6 is 15.9 Å². The van der Waals surface area contributed by atoms with Gasteiger partial charge in [0.1, 0.15) is 10.7 Å². The van der Waals surface area contributed by atoms with E-state index in [0.29, 0.717) is 4.47 Å². The van der Waals surface area contributed by atoms with Gasteiger partial charge in [0, 0.05) is 18.1 Å². The highest BCUT2D eigenvalue weighted by atomic mass is 79.9. The molecule has 0 unspecified atom stereocenters. The van der Waals surface area contributed by atoms with Gasteiger partial charge in [0.15, 0.2) is 0 Å². The minimum atomic E-state index is -4.02. The lowest BCUT2D eigenvalue weighted by molar-refractivity contribution is -0.137. The smallest absolute Gasteiger partial charge is 0.304 e. The minimum absolute atomic E-state index is 0.219. The lowest BCUT2D eigenvalue weighted by Crippen LogP contribution is -2.29. The predicted octanol–water partition coefficient (Wildman–Crippen LogP) is 1.68. The molecule has 0 fully saturated rings. The molecule has 0 aliphatic heterocycles. The van der Waals surface area contributed by atoms with E-state index in [9.17, 15) is 17.6 Å². The molecule has 0 aliphatic rings. The molecule has 1 N–H and O–H groups in total. The lowest BCUT2D eigenvalue weighted by atomic mass is 10.3. The van der Waals surface area contributed by atoms with Gasteiger partial charge in [-0.1, -0.05) is 15.9 Å². The molecule has 0 radical (unpaired) electrons. The summed E-state index contributed by atoms with van der Waals surface area (Å²) in [5, 5.41) is 8.49. The largest absolute Gasteiger partial charge is 0.481 e. The van der Waals surface area contributed by atoms with Crippen molar-refractivity contribution in [1.29, 1.82) is 0 Å². The Balaban J connectivity index is 3.05. The Morgan fingerprint density at radius 3 is 2.67 bits per heavy atom. The second-order valence-electron chi connectivity index (χ2n) is 3.55. The molecular formula is C10H11BrFNO4S. The second kappa shape index (κ2) is 5.77. The van der Waals surface area contributed by atoms with Crippen molar-refractivity contribution in [1.82, 2.24) is 4.31 Å². The summed E-state index contributed by atoms with van der Waals surface area (Å²) in [6.07, 6.45) is -0.342. The van der Waals surface area contributed by atoms with Gasteiger partial charge in [-0.2, -0.15) is 0 Å². The topological polar surface area (TPSA) is 74.7 Å². The van der Waals surface area contributed by atoms with Gasteiger partial charge >= 0.3 is 5.97 Å². The second-order valence-corrected chi connectivity index (χ2v) is 6.47. The highest BCUT2D eigenvalue weighted by molar-refractivity contribution is 9.10. The summed E-state index contributed by atoms with van der Waals surface area (Å²) >= 11 is 3.06. The van der Waals surface area contributed by atoms with E-state index >= 15 is 0 Å². The summed E-state index contributed by atoms with van der Waals surface area (Å²) in [6.45, 7) is -0.219. The van der Waals surface area contributed by atoms with Crippen molar-refractivity contribution in [3.05, 3.63) is 28.5 Å². The summed E-state index contributed by atoms with van der Waals surface area (Å²) in [5.74, 6) is -1.99. The van der Waals surface area contributed by atoms with Crippen molar-refractivity contribution in [3.63, 3.8) is 0 Å². The molecule has 100 valence electrons. The number of sulfonamides is 1. The number of carbonyl (C=O) groups is 1. The van der Waals surface area contributed by atoms with Gasteiger partial charge < -0.3 is 5.11 Å². The molecule has 0 aromatic heterocycles. The van der Waals surface area contributed by atoms with Gasteiger partial charge in [0.25, 0.3) is 0 Å². The average molecular weight is 340 g/mol. The van der Waals surface area contributed by atoms with Gasteiger partial charge in [-0.05, 0) is 18.2 Å². The number of carboxylic acid groups (broad SMARTS) is 1. The van der Waals surface area contributed by atoms with E-state index in [-0.39, 0.29) is 13.0 Å². The maximum Gasteiger partial charge on any atom is 0.304 e. The molecule has 0 amide bonds. The van der Waals surface area contributed by atoms with Crippen LogP contribution in [-0.4, -0.2) is 37.4 Å². The van der Waals surface area contributed by atoms with Crippen molar-refractivity contribution < 1.29 is 22.7 Å². The maximum atomic E-state index is 13.5. The summed E-state index contributed by atoms with van der Waals surface area (Å²) in [5.41, 5.74) is 0. The first-order valence-corrected chi connectivity index (χ1v) is 7.11. The van der Waals surface area contributed by atoms with E-state index in [1.54, 1.807) is 0 Å². The number of hydrogen-bond donors (Lipinski definition) is 1. The first-order valence-electron chi connectivity index (χ1n) is 4.88. The predicted molar refractivity (Wildman–Crippen MR) is 66.2 cm³/mol. The molecule has 18 heavy (non-hydrogen) atoms. The molecule has 0 saturated heterocycles. The zero-order chi connectivity index (χ0) is 13.9. The molecule has 0 aliphatic carbocycles. The standard InChI is InChI=1S/C10H11BrFNO4S/c1-13(5-4-10(14)15)18(16,17)9-6-7(11)2-3-8(9)12/h2-3,6H,4-5H2,1H3,(H,14,15). The van der Waals surface area contributed by atoms with E-state index in [1.165, 1.54) is 13.1 Å². The van der Waals surface area contributed by atoms with Crippen LogP contribution in [0.25, 0.3) is 0 Å². The van der Waals surface area contributed by atoms with E-state index in [4.69, 9.17) is 5.11 Å². The molecule has 0 atom stereocenters. The molecule has 1 rings (SSSR count). The van der Waals surface area contributed by atoms with Crippen LogP contribution in [0.3, 0.4) is 0 Å². The summed E-state index contributed by atoms with van der Waals surface area (Å²) in [4.78, 5) is 9.90. The van der Waals surface area contributed by atoms with Crippen LogP contribution in [0.15, 0.2) is 27.6 Å². The molecule has 0 spiro atoms.